The molecule has 1 amide bonds. The van der Waals surface area contributed by atoms with E-state index in [1.54, 1.807) is 0 Å². The number of benzene rings is 1. The summed E-state index contributed by atoms with van der Waals surface area (Å²) in [7, 11) is 0. The lowest BCUT2D eigenvalue weighted by Crippen LogP contribution is -2.34. The quantitative estimate of drug-likeness (QED) is 0.808. The first-order valence-corrected chi connectivity index (χ1v) is 7.83. The summed E-state index contributed by atoms with van der Waals surface area (Å²) in [5, 5.41) is 12.4. The molecule has 1 aromatic rings. The highest BCUT2D eigenvalue weighted by Crippen LogP contribution is 2.12. The summed E-state index contributed by atoms with van der Waals surface area (Å²) in [6, 6.07) is 7.64. The van der Waals surface area contributed by atoms with Crippen molar-refractivity contribution in [2.24, 2.45) is 5.92 Å². The van der Waals surface area contributed by atoms with Crippen LogP contribution in [0.2, 0.25) is 0 Å². The van der Waals surface area contributed by atoms with E-state index in [4.69, 9.17) is 0 Å². The number of nitrogens with one attached hydrogen (secondary N) is 1. The van der Waals surface area contributed by atoms with Crippen LogP contribution in [0, 0.1) is 5.92 Å². The van der Waals surface area contributed by atoms with Crippen LogP contribution in [0.4, 0.5) is 0 Å². The highest BCUT2D eigenvalue weighted by Gasteiger charge is 2.11. The highest BCUT2D eigenvalue weighted by molar-refractivity contribution is 7.98. The molecule has 0 saturated heterocycles. The Morgan fingerprint density at radius 2 is 1.95 bits per heavy atom. The number of thioether (sulfide) groups is 1. The third-order valence-electron chi connectivity index (χ3n) is 2.93. The number of aliphatic hydroxyl groups is 1. The third-order valence-corrected chi connectivity index (χ3v) is 3.88. The summed E-state index contributed by atoms with van der Waals surface area (Å²) in [5.74, 6) is 2.09. The Morgan fingerprint density at radius 1 is 1.32 bits per heavy atom. The summed E-state index contributed by atoms with van der Waals surface area (Å²) >= 11 is 1.86. The van der Waals surface area contributed by atoms with E-state index in [1.165, 1.54) is 5.56 Å². The van der Waals surface area contributed by atoms with Gasteiger partial charge in [-0.2, -0.15) is 11.8 Å². The number of amides is 1. The molecule has 1 rings (SSSR count). The molecule has 0 aliphatic heterocycles. The minimum atomic E-state index is -0.496. The predicted molar refractivity (Wildman–Crippen MR) is 81.5 cm³/mol. The fraction of sp³-hybridized carbons (Fsp3) is 0.533. The van der Waals surface area contributed by atoms with Crippen molar-refractivity contribution in [1.29, 1.82) is 0 Å². The molecule has 0 bridgehead atoms. The monoisotopic (exact) mass is 281 g/mol. The molecule has 3 nitrogen and oxygen atoms in total. The van der Waals surface area contributed by atoms with Gasteiger partial charge in [0.25, 0.3) is 5.91 Å². The molecule has 4 heteroatoms. The normalized spacial score (nSPS) is 12.5. The van der Waals surface area contributed by atoms with Crippen molar-refractivity contribution in [3.63, 3.8) is 0 Å². The first-order chi connectivity index (χ1) is 9.04. The van der Waals surface area contributed by atoms with E-state index in [1.807, 2.05) is 49.9 Å². The van der Waals surface area contributed by atoms with Crippen molar-refractivity contribution in [2.75, 3.05) is 12.3 Å². The molecule has 0 spiro atoms. The van der Waals surface area contributed by atoms with E-state index >= 15 is 0 Å². The predicted octanol–water partition coefficient (Wildman–Crippen LogP) is 2.69. The Labute approximate surface area is 119 Å². The van der Waals surface area contributed by atoms with Gasteiger partial charge in [-0.3, -0.25) is 4.79 Å². The SMILES string of the molecule is CCSCc1ccc(C(=O)NCC(O)C(C)C)cc1. The first-order valence-electron chi connectivity index (χ1n) is 6.67. The molecule has 1 atom stereocenters. The third kappa shape index (κ3) is 5.66. The van der Waals surface area contributed by atoms with Crippen LogP contribution in [0.25, 0.3) is 0 Å². The second-order valence-electron chi connectivity index (χ2n) is 4.86. The van der Waals surface area contributed by atoms with Crippen LogP contribution in [0.5, 0.6) is 0 Å². The molecule has 0 aliphatic carbocycles. The molecular weight excluding hydrogens is 258 g/mol. The zero-order valence-electron chi connectivity index (χ0n) is 11.8. The first kappa shape index (κ1) is 16.1. The summed E-state index contributed by atoms with van der Waals surface area (Å²) in [4.78, 5) is 11.9. The maximum atomic E-state index is 11.9. The van der Waals surface area contributed by atoms with Gasteiger partial charge in [-0.1, -0.05) is 32.9 Å². The molecular formula is C15H23NO2S. The van der Waals surface area contributed by atoms with Gasteiger partial charge >= 0.3 is 0 Å². The van der Waals surface area contributed by atoms with E-state index in [2.05, 4.69) is 12.2 Å². The summed E-state index contributed by atoms with van der Waals surface area (Å²) in [5.41, 5.74) is 1.87. The Hall–Kier alpha value is -1.00. The van der Waals surface area contributed by atoms with Crippen molar-refractivity contribution in [2.45, 2.75) is 32.6 Å². The fourth-order valence-corrected chi connectivity index (χ4v) is 2.14. The van der Waals surface area contributed by atoms with E-state index in [9.17, 15) is 9.90 Å². The van der Waals surface area contributed by atoms with Crippen molar-refractivity contribution in [3.8, 4) is 0 Å². The molecule has 0 aliphatic rings. The Kier molecular flexibility index (Phi) is 6.95. The maximum absolute atomic E-state index is 11.9. The van der Waals surface area contributed by atoms with Gasteiger partial charge < -0.3 is 10.4 Å². The molecule has 106 valence electrons. The highest BCUT2D eigenvalue weighted by atomic mass is 32.2. The minimum absolute atomic E-state index is 0.130. The standard InChI is InChI=1S/C15H23NO2S/c1-4-19-10-12-5-7-13(8-6-12)15(18)16-9-14(17)11(2)3/h5-8,11,14,17H,4,9-10H2,1-3H3,(H,16,18). The summed E-state index contributed by atoms with van der Waals surface area (Å²) in [6.45, 7) is 6.28. The molecule has 2 N–H and O–H groups in total. The molecule has 0 fully saturated rings. The summed E-state index contributed by atoms with van der Waals surface area (Å²) < 4.78 is 0. The van der Waals surface area contributed by atoms with Crippen molar-refractivity contribution in [3.05, 3.63) is 35.4 Å². The maximum Gasteiger partial charge on any atom is 0.251 e. The van der Waals surface area contributed by atoms with Gasteiger partial charge in [0.1, 0.15) is 0 Å². The number of hydrogen-bond donors (Lipinski definition) is 2. The molecule has 1 unspecified atom stereocenters. The van der Waals surface area contributed by atoms with Crippen LogP contribution in [0.15, 0.2) is 24.3 Å². The number of hydrogen-bond acceptors (Lipinski definition) is 3. The molecule has 0 heterocycles. The van der Waals surface area contributed by atoms with Crippen LogP contribution < -0.4 is 5.32 Å². The van der Waals surface area contributed by atoms with Crippen molar-refractivity contribution >= 4 is 17.7 Å². The van der Waals surface area contributed by atoms with E-state index in [0.717, 1.165) is 11.5 Å². The van der Waals surface area contributed by atoms with E-state index in [0.29, 0.717) is 12.1 Å². The summed E-state index contributed by atoms with van der Waals surface area (Å²) in [6.07, 6.45) is -0.496. The molecule has 0 saturated carbocycles. The second kappa shape index (κ2) is 8.23. The average molecular weight is 281 g/mol. The van der Waals surface area contributed by atoms with Gasteiger partial charge in [0, 0.05) is 17.9 Å². The zero-order chi connectivity index (χ0) is 14.3. The lowest BCUT2D eigenvalue weighted by Gasteiger charge is -2.15. The second-order valence-corrected chi connectivity index (χ2v) is 6.13. The Morgan fingerprint density at radius 3 is 2.47 bits per heavy atom. The fourth-order valence-electron chi connectivity index (χ4n) is 1.51. The van der Waals surface area contributed by atoms with Crippen LogP contribution in [0.3, 0.4) is 0 Å². The lowest BCUT2D eigenvalue weighted by molar-refractivity contribution is 0.0871. The van der Waals surface area contributed by atoms with Gasteiger partial charge in [-0.25, -0.2) is 0 Å². The van der Waals surface area contributed by atoms with Crippen LogP contribution in [-0.4, -0.2) is 29.4 Å². The minimum Gasteiger partial charge on any atom is -0.391 e. The van der Waals surface area contributed by atoms with Crippen LogP contribution in [-0.2, 0) is 5.75 Å². The van der Waals surface area contributed by atoms with Gasteiger partial charge in [-0.15, -0.1) is 0 Å². The Bertz CT molecular complexity index is 390. The van der Waals surface area contributed by atoms with Crippen LogP contribution in [0.1, 0.15) is 36.7 Å². The number of aliphatic hydroxyl groups excluding tert-OH is 1. The largest absolute Gasteiger partial charge is 0.391 e. The Balaban J connectivity index is 2.48. The van der Waals surface area contributed by atoms with Gasteiger partial charge in [0.15, 0.2) is 0 Å². The lowest BCUT2D eigenvalue weighted by atomic mass is 10.1. The molecule has 1 aromatic carbocycles. The zero-order valence-corrected chi connectivity index (χ0v) is 12.7. The molecule has 19 heavy (non-hydrogen) atoms. The van der Waals surface area contributed by atoms with Crippen molar-refractivity contribution in [1.82, 2.24) is 5.32 Å². The smallest absolute Gasteiger partial charge is 0.251 e. The number of rotatable bonds is 7. The van der Waals surface area contributed by atoms with E-state index in [-0.39, 0.29) is 11.8 Å². The van der Waals surface area contributed by atoms with Crippen LogP contribution >= 0.6 is 11.8 Å². The van der Waals surface area contributed by atoms with Gasteiger partial charge in [0.05, 0.1) is 6.10 Å². The van der Waals surface area contributed by atoms with Crippen molar-refractivity contribution < 1.29 is 9.90 Å². The van der Waals surface area contributed by atoms with E-state index < -0.39 is 6.10 Å². The van der Waals surface area contributed by atoms with Gasteiger partial charge in [0.2, 0.25) is 0 Å². The molecule has 0 aromatic heterocycles. The topological polar surface area (TPSA) is 49.3 Å². The average Bonchev–Trinajstić information content (AvgIpc) is 2.42. The molecule has 0 radical (unpaired) electrons. The number of carbonyl (C=O) groups excluding carboxylic acids is 1. The number of carbonyl (C=O) groups is 1. The van der Waals surface area contributed by atoms with Gasteiger partial charge in [-0.05, 0) is 29.4 Å².